The van der Waals surface area contributed by atoms with E-state index in [-0.39, 0.29) is 48.1 Å². The van der Waals surface area contributed by atoms with E-state index in [1.54, 1.807) is 18.2 Å². The van der Waals surface area contributed by atoms with Crippen LogP contribution in [0.1, 0.15) is 17.2 Å². The first-order valence-corrected chi connectivity index (χ1v) is 8.16. The smallest absolute Gasteiger partial charge is 0.504 e. The zero-order chi connectivity index (χ0) is 18.7. The predicted molar refractivity (Wildman–Crippen MR) is 104 cm³/mol. The second-order valence-electron chi connectivity index (χ2n) is 6.05. The number of hydrogen-bond acceptors (Lipinski definition) is 5. The summed E-state index contributed by atoms with van der Waals surface area (Å²) in [5.41, 5.74) is 1.51. The maximum absolute atomic E-state index is 12.3. The van der Waals surface area contributed by atoms with Gasteiger partial charge in [0.1, 0.15) is 5.75 Å². The summed E-state index contributed by atoms with van der Waals surface area (Å²) < 4.78 is 41.0. The van der Waals surface area contributed by atoms with Gasteiger partial charge in [-0.05, 0) is 35.4 Å². The van der Waals surface area contributed by atoms with E-state index in [0.717, 1.165) is 37.3 Å². The van der Waals surface area contributed by atoms with E-state index in [0.29, 0.717) is 0 Å². The number of aromatic hydroxyl groups is 2. The Hall–Kier alpha value is -1.87. The third-order valence-electron chi connectivity index (χ3n) is 4.26. The molecule has 1 heterocycles. The van der Waals surface area contributed by atoms with E-state index in [2.05, 4.69) is 15.0 Å². The molecule has 156 valence electrons. The van der Waals surface area contributed by atoms with Crippen molar-refractivity contribution in [2.75, 3.05) is 26.2 Å². The summed E-state index contributed by atoms with van der Waals surface area (Å²) in [6.45, 7) is 3.06. The minimum atomic E-state index is -4.73. The van der Waals surface area contributed by atoms with Crippen LogP contribution in [-0.2, 0) is 0 Å². The van der Waals surface area contributed by atoms with Crippen LogP contribution in [-0.4, -0.2) is 47.7 Å². The normalized spacial score (nSPS) is 15.8. The molecular weight excluding hydrogens is 420 g/mol. The number of ether oxygens (including phenoxy) is 1. The van der Waals surface area contributed by atoms with E-state index in [4.69, 9.17) is 0 Å². The minimum Gasteiger partial charge on any atom is -0.504 e. The van der Waals surface area contributed by atoms with Crippen LogP contribution < -0.4 is 10.1 Å². The molecule has 3 rings (SSSR count). The highest BCUT2D eigenvalue weighted by Crippen LogP contribution is 2.35. The highest BCUT2D eigenvalue weighted by molar-refractivity contribution is 5.85. The van der Waals surface area contributed by atoms with Crippen molar-refractivity contribution in [2.45, 2.75) is 12.4 Å². The average molecular weight is 441 g/mol. The lowest BCUT2D eigenvalue weighted by Crippen LogP contribution is -2.45. The highest BCUT2D eigenvalue weighted by Gasteiger charge is 2.31. The number of hydrogen-bond donors (Lipinski definition) is 3. The van der Waals surface area contributed by atoms with Gasteiger partial charge in [0.2, 0.25) is 0 Å². The van der Waals surface area contributed by atoms with Crippen molar-refractivity contribution in [3.05, 3.63) is 53.6 Å². The summed E-state index contributed by atoms with van der Waals surface area (Å²) in [4.78, 5) is 2.17. The Kier molecular flexibility index (Phi) is 8.69. The summed E-state index contributed by atoms with van der Waals surface area (Å²) in [6.07, 6.45) is -4.73. The van der Waals surface area contributed by atoms with Gasteiger partial charge in [-0.25, -0.2) is 0 Å². The van der Waals surface area contributed by atoms with Crippen molar-refractivity contribution in [2.24, 2.45) is 0 Å². The molecule has 28 heavy (non-hydrogen) atoms. The van der Waals surface area contributed by atoms with E-state index in [9.17, 15) is 23.4 Å². The molecule has 0 amide bonds. The molecule has 0 aromatic heterocycles. The van der Waals surface area contributed by atoms with Gasteiger partial charge in [-0.15, -0.1) is 38.0 Å². The largest absolute Gasteiger partial charge is 0.573 e. The monoisotopic (exact) mass is 440 g/mol. The highest BCUT2D eigenvalue weighted by atomic mass is 35.5. The summed E-state index contributed by atoms with van der Waals surface area (Å²) in [5, 5.41) is 22.6. The Morgan fingerprint density at radius 1 is 0.893 bits per heavy atom. The first-order chi connectivity index (χ1) is 12.3. The molecule has 1 aliphatic heterocycles. The third kappa shape index (κ3) is 6.07. The molecule has 0 radical (unpaired) electrons. The molecule has 1 saturated heterocycles. The second kappa shape index (κ2) is 10.1. The maximum atomic E-state index is 12.3. The quantitative estimate of drug-likeness (QED) is 0.630. The minimum absolute atomic E-state index is 0. The lowest BCUT2D eigenvalue weighted by atomic mass is 9.96. The van der Waals surface area contributed by atoms with Gasteiger partial charge in [0.15, 0.2) is 11.5 Å². The summed E-state index contributed by atoms with van der Waals surface area (Å²) in [5.74, 6) is -0.741. The average Bonchev–Trinajstić information content (AvgIpc) is 2.59. The number of phenols is 2. The van der Waals surface area contributed by atoms with Crippen molar-refractivity contribution in [3.8, 4) is 17.2 Å². The first-order valence-electron chi connectivity index (χ1n) is 8.16. The molecule has 3 N–H and O–H groups in total. The Balaban J connectivity index is 0.00000196. The van der Waals surface area contributed by atoms with Crippen LogP contribution in [0.4, 0.5) is 13.2 Å². The van der Waals surface area contributed by atoms with Crippen LogP contribution >= 0.6 is 24.8 Å². The number of phenolic OH excluding ortho intramolecular Hbond substituents is 2. The summed E-state index contributed by atoms with van der Waals surface area (Å²) >= 11 is 0. The third-order valence-corrected chi connectivity index (χ3v) is 4.26. The molecule has 1 fully saturated rings. The van der Waals surface area contributed by atoms with Gasteiger partial charge in [-0.2, -0.15) is 0 Å². The molecule has 0 spiro atoms. The number of piperazine rings is 1. The number of halogens is 5. The molecule has 0 aliphatic carbocycles. The predicted octanol–water partition coefficient (Wildman–Crippen LogP) is 3.83. The molecule has 10 heteroatoms. The van der Waals surface area contributed by atoms with Crippen molar-refractivity contribution in [3.63, 3.8) is 0 Å². The van der Waals surface area contributed by atoms with Crippen LogP contribution in [0.25, 0.3) is 0 Å². The number of alkyl halides is 3. The molecule has 1 aliphatic rings. The standard InChI is InChI=1S/C18H19F3N2O3.2ClH/c19-18(20,21)26-14-4-1-12(2-5-14)17(23-9-7-22-8-10-23)13-3-6-15(24)16(25)11-13;;/h1-6,11,17,22,24-25H,7-10H2;2*1H/t17-;;/m1../s1. The summed E-state index contributed by atoms with van der Waals surface area (Å²) in [7, 11) is 0. The second-order valence-corrected chi connectivity index (χ2v) is 6.05. The van der Waals surface area contributed by atoms with Gasteiger partial charge in [0.25, 0.3) is 0 Å². The Morgan fingerprint density at radius 2 is 1.46 bits per heavy atom. The molecule has 0 unspecified atom stereocenters. The molecular formula is C18H21Cl2F3N2O3. The van der Waals surface area contributed by atoms with E-state index in [1.165, 1.54) is 24.3 Å². The zero-order valence-electron chi connectivity index (χ0n) is 14.6. The van der Waals surface area contributed by atoms with Gasteiger partial charge in [0, 0.05) is 26.2 Å². The van der Waals surface area contributed by atoms with Crippen molar-refractivity contribution in [1.82, 2.24) is 10.2 Å². The van der Waals surface area contributed by atoms with Gasteiger partial charge < -0.3 is 20.3 Å². The lowest BCUT2D eigenvalue weighted by Gasteiger charge is -2.35. The maximum Gasteiger partial charge on any atom is 0.573 e. The fourth-order valence-electron chi connectivity index (χ4n) is 3.12. The van der Waals surface area contributed by atoms with Gasteiger partial charge in [-0.3, -0.25) is 4.90 Å². The number of benzene rings is 2. The Bertz CT molecular complexity index is 755. The fraction of sp³-hybridized carbons (Fsp3) is 0.333. The van der Waals surface area contributed by atoms with Crippen LogP contribution in [0.3, 0.4) is 0 Å². The SMILES string of the molecule is Cl.Cl.Oc1ccc([C@@H](c2ccc(OC(F)(F)F)cc2)N2CCNCC2)cc1O. The molecule has 1 atom stereocenters. The molecule has 5 nitrogen and oxygen atoms in total. The Morgan fingerprint density at radius 3 is 2.00 bits per heavy atom. The summed E-state index contributed by atoms with van der Waals surface area (Å²) in [6, 6.07) is 10.0. The fourth-order valence-corrected chi connectivity index (χ4v) is 3.12. The number of nitrogens with one attached hydrogen (secondary N) is 1. The van der Waals surface area contributed by atoms with E-state index in [1.807, 2.05) is 0 Å². The molecule has 2 aromatic carbocycles. The first kappa shape index (κ1) is 24.2. The van der Waals surface area contributed by atoms with E-state index >= 15 is 0 Å². The lowest BCUT2D eigenvalue weighted by molar-refractivity contribution is -0.274. The van der Waals surface area contributed by atoms with Crippen LogP contribution in [0, 0.1) is 0 Å². The van der Waals surface area contributed by atoms with Crippen LogP contribution in [0.2, 0.25) is 0 Å². The number of rotatable bonds is 4. The topological polar surface area (TPSA) is 65.0 Å². The van der Waals surface area contributed by atoms with Gasteiger partial charge in [-0.1, -0.05) is 18.2 Å². The molecule has 0 saturated carbocycles. The van der Waals surface area contributed by atoms with Crippen LogP contribution in [0.15, 0.2) is 42.5 Å². The number of nitrogens with zero attached hydrogens (tertiary/aromatic N) is 1. The van der Waals surface area contributed by atoms with E-state index < -0.39 is 6.36 Å². The van der Waals surface area contributed by atoms with Crippen molar-refractivity contribution >= 4 is 24.8 Å². The van der Waals surface area contributed by atoms with Crippen LogP contribution in [0.5, 0.6) is 17.2 Å². The van der Waals surface area contributed by atoms with Gasteiger partial charge >= 0.3 is 6.36 Å². The molecule has 2 aromatic rings. The van der Waals surface area contributed by atoms with Crippen molar-refractivity contribution in [1.29, 1.82) is 0 Å². The van der Waals surface area contributed by atoms with Gasteiger partial charge in [0.05, 0.1) is 6.04 Å². The zero-order valence-corrected chi connectivity index (χ0v) is 16.3. The van der Waals surface area contributed by atoms with Crippen molar-refractivity contribution < 1.29 is 28.1 Å². The Labute approximate surface area is 172 Å². The molecule has 0 bridgehead atoms.